The number of para-hydroxylation sites is 1. The fraction of sp³-hybridized carbons (Fsp3) is 0.154. The molecular weight excluding hydrogens is 568 g/mol. The lowest BCUT2D eigenvalue weighted by atomic mass is 9.92. The number of benzene rings is 3. The Bertz CT molecular complexity index is 1130. The third-order valence-electron chi connectivity index (χ3n) is 4.66. The highest BCUT2D eigenvalue weighted by Gasteiger charge is 2.22. The summed E-state index contributed by atoms with van der Waals surface area (Å²) in [5.74, 6) is -1.14. The molecule has 0 spiro atoms. The van der Waals surface area contributed by atoms with Gasteiger partial charge < -0.3 is 20.1 Å². The molecule has 0 aliphatic rings. The normalized spacial score (nSPS) is 11.0. The summed E-state index contributed by atoms with van der Waals surface area (Å²) in [5.41, 5.74) is 1.37. The number of ether oxygens (including phenoxy) is 1. The first-order valence-electron chi connectivity index (χ1n) is 10.3. The second-order valence-corrected chi connectivity index (χ2v) is 8.90. The lowest BCUT2D eigenvalue weighted by Crippen LogP contribution is -2.14. The number of phenols is 2. The van der Waals surface area contributed by atoms with Crippen LogP contribution in [0.2, 0.25) is 0 Å². The zero-order valence-electron chi connectivity index (χ0n) is 18.2. The van der Waals surface area contributed by atoms with E-state index in [0.717, 1.165) is 5.56 Å². The van der Waals surface area contributed by atoms with E-state index in [1.807, 2.05) is 18.2 Å². The third-order valence-corrected chi connectivity index (χ3v) is 6.03. The Hall–Kier alpha value is -3.10. The van der Waals surface area contributed by atoms with E-state index in [9.17, 15) is 24.9 Å². The monoisotopic (exact) mass is 590 g/mol. The highest BCUT2D eigenvalue weighted by molar-refractivity contribution is 9.10. The van der Waals surface area contributed by atoms with Gasteiger partial charge in [0.25, 0.3) is 0 Å². The number of allylic oxidation sites excluding steroid dienone is 1. The van der Waals surface area contributed by atoms with Crippen LogP contribution < -0.4 is 4.74 Å². The summed E-state index contributed by atoms with van der Waals surface area (Å²) in [6.45, 7) is 3.53. The van der Waals surface area contributed by atoms with Crippen LogP contribution in [-0.2, 0) is 16.0 Å². The number of carbonyl (C=O) groups excluding carboxylic acids is 1. The van der Waals surface area contributed by atoms with Crippen LogP contribution in [0.1, 0.15) is 29.9 Å². The highest BCUT2D eigenvalue weighted by atomic mass is 79.9. The summed E-state index contributed by atoms with van der Waals surface area (Å²) in [4.78, 5) is 22.6. The Morgan fingerprint density at radius 1 is 0.971 bits per heavy atom. The van der Waals surface area contributed by atoms with Gasteiger partial charge in [-0.1, -0.05) is 52.3 Å². The van der Waals surface area contributed by atoms with Crippen LogP contribution in [0, 0.1) is 0 Å². The lowest BCUT2D eigenvalue weighted by Gasteiger charge is -2.15. The fourth-order valence-electron chi connectivity index (χ4n) is 2.90. The minimum atomic E-state index is -0.951. The van der Waals surface area contributed by atoms with E-state index < -0.39 is 11.9 Å². The molecule has 0 bridgehead atoms. The summed E-state index contributed by atoms with van der Waals surface area (Å²) < 4.78 is 6.14. The van der Waals surface area contributed by atoms with Crippen molar-refractivity contribution in [2.45, 2.75) is 25.2 Å². The standard InChI is InChI=1S/C15H12Br2O4.C11H12O2/c16-12-7-10(18)3-1-9(12)5-11(15(20)21)8-2-4-14(19)13(17)6-8;1-2-3-9-11(12)13-10-7-5-4-6-8-10/h1-4,6-7,11,18-19H,5H2,(H,20,21);2,4-8H,1,3,9H2. The molecule has 0 aliphatic heterocycles. The van der Waals surface area contributed by atoms with Gasteiger partial charge in [0.15, 0.2) is 0 Å². The zero-order chi connectivity index (χ0) is 25.1. The molecule has 3 N–H and O–H groups in total. The van der Waals surface area contributed by atoms with Crippen LogP contribution in [0.15, 0.2) is 88.3 Å². The molecule has 0 amide bonds. The van der Waals surface area contributed by atoms with Crippen molar-refractivity contribution in [2.75, 3.05) is 0 Å². The van der Waals surface area contributed by atoms with Crippen LogP contribution in [0.5, 0.6) is 17.2 Å². The van der Waals surface area contributed by atoms with Crippen LogP contribution in [-0.4, -0.2) is 27.3 Å². The average Bonchev–Trinajstić information content (AvgIpc) is 2.80. The molecule has 0 aliphatic carbocycles. The zero-order valence-corrected chi connectivity index (χ0v) is 21.3. The Morgan fingerprint density at radius 3 is 2.26 bits per heavy atom. The Labute approximate surface area is 214 Å². The Balaban J connectivity index is 0.000000270. The number of carbonyl (C=O) groups is 2. The number of phenolic OH excluding ortho intramolecular Hbond substituents is 2. The summed E-state index contributed by atoms with van der Waals surface area (Å²) in [5, 5.41) is 28.3. The number of carboxylic acid groups (broad SMARTS) is 1. The minimum Gasteiger partial charge on any atom is -0.508 e. The molecule has 3 rings (SSSR count). The molecule has 1 unspecified atom stereocenters. The first kappa shape index (κ1) is 27.1. The highest BCUT2D eigenvalue weighted by Crippen LogP contribution is 2.32. The molecule has 1 atom stereocenters. The van der Waals surface area contributed by atoms with E-state index in [1.165, 1.54) is 18.2 Å². The van der Waals surface area contributed by atoms with E-state index in [2.05, 4.69) is 38.4 Å². The van der Waals surface area contributed by atoms with Gasteiger partial charge in [-0.3, -0.25) is 9.59 Å². The lowest BCUT2D eigenvalue weighted by molar-refractivity contribution is -0.139. The number of carboxylic acids is 1. The van der Waals surface area contributed by atoms with E-state index in [4.69, 9.17) is 4.74 Å². The van der Waals surface area contributed by atoms with Gasteiger partial charge in [-0.05, 0) is 76.3 Å². The maximum atomic E-state index is 11.5. The van der Waals surface area contributed by atoms with E-state index >= 15 is 0 Å². The molecular formula is C26H24Br2O6. The molecule has 8 heteroatoms. The van der Waals surface area contributed by atoms with Crippen molar-refractivity contribution in [1.29, 1.82) is 0 Å². The number of aromatic hydroxyl groups is 2. The molecule has 0 aromatic heterocycles. The molecule has 0 radical (unpaired) electrons. The molecule has 0 saturated heterocycles. The largest absolute Gasteiger partial charge is 0.508 e. The molecule has 3 aromatic rings. The molecule has 6 nitrogen and oxygen atoms in total. The quantitative estimate of drug-likeness (QED) is 0.155. The van der Waals surface area contributed by atoms with Crippen LogP contribution in [0.25, 0.3) is 0 Å². The second kappa shape index (κ2) is 13.6. The molecule has 0 fully saturated rings. The van der Waals surface area contributed by atoms with Crippen LogP contribution in [0.3, 0.4) is 0 Å². The van der Waals surface area contributed by atoms with Gasteiger partial charge in [-0.15, -0.1) is 6.58 Å². The van der Waals surface area contributed by atoms with Crippen LogP contribution in [0.4, 0.5) is 0 Å². The second-order valence-electron chi connectivity index (χ2n) is 7.20. The Kier molecular flexibility index (Phi) is 10.8. The van der Waals surface area contributed by atoms with Crippen LogP contribution >= 0.6 is 31.9 Å². The fourth-order valence-corrected chi connectivity index (χ4v) is 3.83. The van der Waals surface area contributed by atoms with Gasteiger partial charge >= 0.3 is 11.9 Å². The SMILES string of the molecule is C=CCCC(=O)Oc1ccccc1.O=C(O)C(Cc1ccc(O)cc1Br)c1ccc(O)c(Br)c1. The van der Waals surface area contributed by atoms with Crippen molar-refractivity contribution < 1.29 is 29.6 Å². The molecule has 178 valence electrons. The minimum absolute atomic E-state index is 0.0636. The third kappa shape index (κ3) is 8.68. The number of hydrogen-bond donors (Lipinski definition) is 3. The number of esters is 1. The number of rotatable bonds is 8. The molecule has 3 aromatic carbocycles. The molecule has 34 heavy (non-hydrogen) atoms. The van der Waals surface area contributed by atoms with Crippen molar-refractivity contribution in [2.24, 2.45) is 0 Å². The van der Waals surface area contributed by atoms with Gasteiger partial charge in [-0.2, -0.15) is 0 Å². The summed E-state index contributed by atoms with van der Waals surface area (Å²) in [6, 6.07) is 18.4. The number of aliphatic carboxylic acids is 1. The van der Waals surface area contributed by atoms with Gasteiger partial charge in [0.05, 0.1) is 10.4 Å². The van der Waals surface area contributed by atoms with Gasteiger partial charge in [0, 0.05) is 10.9 Å². The number of halogens is 2. The summed E-state index contributed by atoms with van der Waals surface area (Å²) in [7, 11) is 0. The first-order valence-corrected chi connectivity index (χ1v) is 11.8. The molecule has 0 saturated carbocycles. The Morgan fingerprint density at radius 2 is 1.68 bits per heavy atom. The van der Waals surface area contributed by atoms with Crippen molar-refractivity contribution in [1.82, 2.24) is 0 Å². The predicted molar refractivity (Wildman–Crippen MR) is 137 cm³/mol. The van der Waals surface area contributed by atoms with Gasteiger partial charge in [-0.25, -0.2) is 0 Å². The topological polar surface area (TPSA) is 104 Å². The molecule has 0 heterocycles. The van der Waals surface area contributed by atoms with Crippen molar-refractivity contribution in [3.8, 4) is 17.2 Å². The van der Waals surface area contributed by atoms with E-state index in [1.54, 1.807) is 36.4 Å². The van der Waals surface area contributed by atoms with E-state index in [-0.39, 0.29) is 23.9 Å². The maximum Gasteiger partial charge on any atom is 0.311 e. The summed E-state index contributed by atoms with van der Waals surface area (Å²) in [6.07, 6.45) is 3.02. The average molecular weight is 592 g/mol. The smallest absolute Gasteiger partial charge is 0.311 e. The van der Waals surface area contributed by atoms with Crippen molar-refractivity contribution >= 4 is 43.8 Å². The summed E-state index contributed by atoms with van der Waals surface area (Å²) >= 11 is 6.51. The van der Waals surface area contributed by atoms with Gasteiger partial charge in [0.2, 0.25) is 0 Å². The van der Waals surface area contributed by atoms with Crippen molar-refractivity contribution in [3.05, 3.63) is 99.5 Å². The van der Waals surface area contributed by atoms with E-state index in [0.29, 0.717) is 33.1 Å². The maximum absolute atomic E-state index is 11.5. The predicted octanol–water partition coefficient (Wildman–Crippen LogP) is 6.59. The number of hydrogen-bond acceptors (Lipinski definition) is 5. The first-order chi connectivity index (χ1) is 16.2. The van der Waals surface area contributed by atoms with Crippen molar-refractivity contribution in [3.63, 3.8) is 0 Å². The van der Waals surface area contributed by atoms with Gasteiger partial charge in [0.1, 0.15) is 17.2 Å².